The van der Waals surface area contributed by atoms with E-state index in [9.17, 15) is 18.0 Å². The number of halogens is 3. The van der Waals surface area contributed by atoms with Crippen LogP contribution in [0.1, 0.15) is 16.8 Å². The highest BCUT2D eigenvalue weighted by molar-refractivity contribution is 5.87. The lowest BCUT2D eigenvalue weighted by molar-refractivity contribution is -0.174. The molecular formula is C14H14F3NO2. The van der Waals surface area contributed by atoms with E-state index in [4.69, 9.17) is 0 Å². The molecule has 1 heterocycles. The van der Waals surface area contributed by atoms with Crippen molar-refractivity contribution in [1.82, 2.24) is 4.57 Å². The number of aromatic nitrogens is 1. The van der Waals surface area contributed by atoms with Crippen LogP contribution >= 0.6 is 0 Å². The molecule has 0 unspecified atom stereocenters. The van der Waals surface area contributed by atoms with Gasteiger partial charge in [-0.2, -0.15) is 13.2 Å². The summed E-state index contributed by atoms with van der Waals surface area (Å²) in [5, 5.41) is 0.992. The fourth-order valence-electron chi connectivity index (χ4n) is 1.99. The predicted octanol–water partition coefficient (Wildman–Crippen LogP) is 3.42. The van der Waals surface area contributed by atoms with Gasteiger partial charge in [-0.1, -0.05) is 12.1 Å². The van der Waals surface area contributed by atoms with Gasteiger partial charge >= 0.3 is 6.18 Å². The van der Waals surface area contributed by atoms with Crippen LogP contribution < -0.4 is 0 Å². The Labute approximate surface area is 113 Å². The van der Waals surface area contributed by atoms with Crippen LogP contribution in [-0.2, 0) is 11.3 Å². The second kappa shape index (κ2) is 6.09. The molecule has 0 aliphatic rings. The van der Waals surface area contributed by atoms with Gasteiger partial charge in [-0.05, 0) is 23.9 Å². The van der Waals surface area contributed by atoms with E-state index in [1.54, 1.807) is 12.1 Å². The molecule has 6 heteroatoms. The molecule has 0 saturated heterocycles. The number of hydrogen-bond acceptors (Lipinski definition) is 2. The molecule has 0 spiro atoms. The van der Waals surface area contributed by atoms with Crippen molar-refractivity contribution in [3.63, 3.8) is 0 Å². The number of alkyl halides is 3. The maximum absolute atomic E-state index is 11.9. The van der Waals surface area contributed by atoms with Crippen LogP contribution in [0.2, 0.25) is 0 Å². The van der Waals surface area contributed by atoms with E-state index < -0.39 is 12.8 Å². The van der Waals surface area contributed by atoms with Crippen LogP contribution in [0.15, 0.2) is 30.5 Å². The van der Waals surface area contributed by atoms with Crippen molar-refractivity contribution in [3.05, 3.63) is 36.0 Å². The van der Waals surface area contributed by atoms with E-state index in [-0.39, 0.29) is 6.61 Å². The van der Waals surface area contributed by atoms with E-state index in [2.05, 4.69) is 4.74 Å². The molecule has 0 aliphatic carbocycles. The quantitative estimate of drug-likeness (QED) is 0.601. The van der Waals surface area contributed by atoms with Gasteiger partial charge in [-0.15, -0.1) is 0 Å². The van der Waals surface area contributed by atoms with Gasteiger partial charge in [0, 0.05) is 30.4 Å². The van der Waals surface area contributed by atoms with E-state index in [1.165, 1.54) is 0 Å². The first-order chi connectivity index (χ1) is 9.49. The van der Waals surface area contributed by atoms with Gasteiger partial charge in [-0.3, -0.25) is 4.79 Å². The summed E-state index contributed by atoms with van der Waals surface area (Å²) in [6, 6.07) is 7.24. The number of benzene rings is 1. The summed E-state index contributed by atoms with van der Waals surface area (Å²) in [4.78, 5) is 10.7. The zero-order chi connectivity index (χ0) is 14.6. The number of carbonyl (C=O) groups is 1. The number of aldehydes is 1. The Morgan fingerprint density at radius 2 is 2.05 bits per heavy atom. The van der Waals surface area contributed by atoms with Gasteiger partial charge in [0.05, 0.1) is 0 Å². The van der Waals surface area contributed by atoms with Crippen molar-refractivity contribution in [2.75, 3.05) is 13.2 Å². The van der Waals surface area contributed by atoms with Gasteiger partial charge in [0.1, 0.15) is 12.9 Å². The number of aryl methyl sites for hydroxylation is 1. The smallest absolute Gasteiger partial charge is 0.372 e. The van der Waals surface area contributed by atoms with Crippen LogP contribution in [0.3, 0.4) is 0 Å². The summed E-state index contributed by atoms with van der Waals surface area (Å²) in [5.41, 5.74) is 1.47. The minimum Gasteiger partial charge on any atom is -0.372 e. The Bertz CT molecular complexity index is 590. The zero-order valence-corrected chi connectivity index (χ0v) is 10.7. The Hall–Kier alpha value is -1.82. The third-order valence-electron chi connectivity index (χ3n) is 2.89. The molecule has 0 saturated carbocycles. The molecule has 3 nitrogen and oxygen atoms in total. The molecule has 0 aliphatic heterocycles. The highest BCUT2D eigenvalue weighted by Gasteiger charge is 2.27. The normalized spacial score (nSPS) is 11.9. The van der Waals surface area contributed by atoms with Gasteiger partial charge < -0.3 is 9.30 Å². The highest BCUT2D eigenvalue weighted by atomic mass is 19.4. The fourth-order valence-corrected chi connectivity index (χ4v) is 1.99. The van der Waals surface area contributed by atoms with E-state index in [0.29, 0.717) is 18.5 Å². The molecule has 0 bridgehead atoms. The fraction of sp³-hybridized carbons (Fsp3) is 0.357. The maximum Gasteiger partial charge on any atom is 0.411 e. The standard InChI is InChI=1S/C14H14F3NO2/c15-14(16,17)10-20-7-1-5-18-6-4-12-3-2-11(9-19)8-13(12)18/h2-4,6,8-9H,1,5,7,10H2. The lowest BCUT2D eigenvalue weighted by atomic mass is 10.2. The predicted molar refractivity (Wildman–Crippen MR) is 68.8 cm³/mol. The number of carbonyl (C=O) groups excluding carboxylic acids is 1. The Kier molecular flexibility index (Phi) is 4.44. The van der Waals surface area contributed by atoms with Gasteiger partial charge in [-0.25, -0.2) is 0 Å². The lowest BCUT2D eigenvalue weighted by Gasteiger charge is -2.08. The highest BCUT2D eigenvalue weighted by Crippen LogP contribution is 2.18. The lowest BCUT2D eigenvalue weighted by Crippen LogP contribution is -2.17. The summed E-state index contributed by atoms with van der Waals surface area (Å²) in [5.74, 6) is 0. The Morgan fingerprint density at radius 3 is 2.75 bits per heavy atom. The molecule has 0 fully saturated rings. The Balaban J connectivity index is 1.91. The first-order valence-electron chi connectivity index (χ1n) is 6.18. The molecule has 0 atom stereocenters. The molecule has 1 aromatic carbocycles. The van der Waals surface area contributed by atoms with Crippen molar-refractivity contribution >= 4 is 17.2 Å². The first-order valence-corrected chi connectivity index (χ1v) is 6.18. The summed E-state index contributed by atoms with van der Waals surface area (Å²) in [7, 11) is 0. The third kappa shape index (κ3) is 3.84. The Morgan fingerprint density at radius 1 is 1.25 bits per heavy atom. The number of fused-ring (bicyclic) bond motifs is 1. The topological polar surface area (TPSA) is 31.2 Å². The van der Waals surface area contributed by atoms with Crippen molar-refractivity contribution in [3.8, 4) is 0 Å². The molecule has 20 heavy (non-hydrogen) atoms. The molecule has 0 radical (unpaired) electrons. The molecule has 108 valence electrons. The molecule has 2 rings (SSSR count). The molecule has 2 aromatic rings. The second-order valence-electron chi connectivity index (χ2n) is 4.47. The molecular weight excluding hydrogens is 271 g/mol. The second-order valence-corrected chi connectivity index (χ2v) is 4.47. The van der Waals surface area contributed by atoms with Crippen LogP contribution in [0.25, 0.3) is 10.9 Å². The first kappa shape index (κ1) is 14.6. The average Bonchev–Trinajstić information content (AvgIpc) is 2.79. The minimum absolute atomic E-state index is 0.0482. The van der Waals surface area contributed by atoms with Crippen LogP contribution in [0.5, 0.6) is 0 Å². The molecule has 0 amide bonds. The number of hydrogen-bond donors (Lipinski definition) is 0. The van der Waals surface area contributed by atoms with Crippen molar-refractivity contribution in [2.45, 2.75) is 19.1 Å². The van der Waals surface area contributed by atoms with Crippen LogP contribution in [-0.4, -0.2) is 30.2 Å². The molecule has 1 aromatic heterocycles. The zero-order valence-electron chi connectivity index (χ0n) is 10.7. The SMILES string of the molecule is O=Cc1ccc2ccn(CCCOCC(F)(F)F)c2c1. The minimum atomic E-state index is -4.28. The van der Waals surface area contributed by atoms with E-state index in [1.807, 2.05) is 22.9 Å². The van der Waals surface area contributed by atoms with Gasteiger partial charge in [0.25, 0.3) is 0 Å². The average molecular weight is 285 g/mol. The number of ether oxygens (including phenoxy) is 1. The number of rotatable bonds is 6. The summed E-state index contributed by atoms with van der Waals surface area (Å²) >= 11 is 0. The van der Waals surface area contributed by atoms with Gasteiger partial charge in [0.2, 0.25) is 0 Å². The summed E-state index contributed by atoms with van der Waals surface area (Å²) in [6.45, 7) is -0.620. The number of nitrogens with zero attached hydrogens (tertiary/aromatic N) is 1. The van der Waals surface area contributed by atoms with Crippen LogP contribution in [0.4, 0.5) is 13.2 Å². The largest absolute Gasteiger partial charge is 0.411 e. The monoisotopic (exact) mass is 285 g/mol. The summed E-state index contributed by atoms with van der Waals surface area (Å²) in [6.07, 6.45) is -1.18. The summed E-state index contributed by atoms with van der Waals surface area (Å²) < 4.78 is 42.1. The van der Waals surface area contributed by atoms with Gasteiger partial charge in [0.15, 0.2) is 0 Å². The van der Waals surface area contributed by atoms with E-state index in [0.717, 1.165) is 17.2 Å². The third-order valence-corrected chi connectivity index (χ3v) is 2.89. The van der Waals surface area contributed by atoms with Crippen molar-refractivity contribution in [2.24, 2.45) is 0 Å². The van der Waals surface area contributed by atoms with Crippen molar-refractivity contribution < 1.29 is 22.7 Å². The van der Waals surface area contributed by atoms with Crippen molar-refractivity contribution in [1.29, 1.82) is 0 Å². The van der Waals surface area contributed by atoms with Crippen LogP contribution in [0, 0.1) is 0 Å². The maximum atomic E-state index is 11.9. The molecule has 0 N–H and O–H groups in total. The van der Waals surface area contributed by atoms with E-state index >= 15 is 0 Å².